The van der Waals surface area contributed by atoms with Gasteiger partial charge in [0.2, 0.25) is 0 Å². The van der Waals surface area contributed by atoms with Crippen molar-refractivity contribution in [3.63, 3.8) is 0 Å². The van der Waals surface area contributed by atoms with Gasteiger partial charge in [-0.1, -0.05) is 48.5 Å². The van der Waals surface area contributed by atoms with E-state index in [4.69, 9.17) is 9.47 Å². The zero-order chi connectivity index (χ0) is 16.7. The Balaban J connectivity index is 1.58. The Labute approximate surface area is 142 Å². The largest absolute Gasteiger partial charge is 0.484 e. The van der Waals surface area contributed by atoms with Gasteiger partial charge in [-0.3, -0.25) is 4.79 Å². The fraction of sp³-hybridized carbons (Fsp3) is 0.350. The van der Waals surface area contributed by atoms with Gasteiger partial charge in [0.25, 0.3) is 5.91 Å². The fourth-order valence-corrected chi connectivity index (χ4v) is 3.11. The van der Waals surface area contributed by atoms with Crippen molar-refractivity contribution >= 4 is 5.91 Å². The summed E-state index contributed by atoms with van der Waals surface area (Å²) in [6, 6.07) is 19.8. The Morgan fingerprint density at radius 1 is 1.00 bits per heavy atom. The summed E-state index contributed by atoms with van der Waals surface area (Å²) in [6.45, 7) is 2.10. The van der Waals surface area contributed by atoms with Crippen molar-refractivity contribution in [1.29, 1.82) is 0 Å². The summed E-state index contributed by atoms with van der Waals surface area (Å²) in [5.74, 6) is 0.608. The van der Waals surface area contributed by atoms with Gasteiger partial charge in [0, 0.05) is 25.2 Å². The molecule has 4 heteroatoms. The lowest BCUT2D eigenvalue weighted by atomic mass is 9.74. The zero-order valence-electron chi connectivity index (χ0n) is 13.7. The van der Waals surface area contributed by atoms with E-state index in [1.54, 1.807) is 0 Å². The standard InChI is InChI=1S/C20H23NO3/c22-19(15-24-18-9-5-2-6-10-18)21-16-20(11-13-23-14-12-20)17-7-3-1-4-8-17/h1-10H,11-16H2,(H,21,22). The maximum Gasteiger partial charge on any atom is 0.257 e. The van der Waals surface area contributed by atoms with Crippen molar-refractivity contribution in [2.45, 2.75) is 18.3 Å². The minimum Gasteiger partial charge on any atom is -0.484 e. The minimum atomic E-state index is -0.0966. The molecular formula is C20H23NO3. The summed E-state index contributed by atoms with van der Waals surface area (Å²) in [7, 11) is 0. The summed E-state index contributed by atoms with van der Waals surface area (Å²) >= 11 is 0. The third-order valence-electron chi connectivity index (χ3n) is 4.57. The first-order chi connectivity index (χ1) is 11.8. The Hall–Kier alpha value is -2.33. The number of ether oxygens (including phenoxy) is 2. The smallest absolute Gasteiger partial charge is 0.257 e. The lowest BCUT2D eigenvalue weighted by molar-refractivity contribution is -0.123. The minimum absolute atomic E-state index is 0.0331. The number of carbonyl (C=O) groups is 1. The van der Waals surface area contributed by atoms with Gasteiger partial charge in [0.1, 0.15) is 5.75 Å². The number of hydrogen-bond acceptors (Lipinski definition) is 3. The molecule has 2 aromatic carbocycles. The van der Waals surface area contributed by atoms with Crippen molar-refractivity contribution in [3.8, 4) is 5.75 Å². The van der Waals surface area contributed by atoms with E-state index in [1.807, 2.05) is 48.5 Å². The molecule has 1 N–H and O–H groups in total. The molecule has 0 aliphatic carbocycles. The molecule has 4 nitrogen and oxygen atoms in total. The maximum absolute atomic E-state index is 12.2. The number of amides is 1. The number of benzene rings is 2. The van der Waals surface area contributed by atoms with E-state index < -0.39 is 0 Å². The Morgan fingerprint density at radius 3 is 2.29 bits per heavy atom. The van der Waals surface area contributed by atoms with Gasteiger partial charge < -0.3 is 14.8 Å². The fourth-order valence-electron chi connectivity index (χ4n) is 3.11. The monoisotopic (exact) mass is 325 g/mol. The molecule has 0 unspecified atom stereocenters. The van der Waals surface area contributed by atoms with Crippen LogP contribution in [0.25, 0.3) is 0 Å². The van der Waals surface area contributed by atoms with Gasteiger partial charge in [-0.15, -0.1) is 0 Å². The highest BCUT2D eigenvalue weighted by atomic mass is 16.5. The van der Waals surface area contributed by atoms with E-state index in [-0.39, 0.29) is 17.9 Å². The van der Waals surface area contributed by atoms with Gasteiger partial charge in [-0.2, -0.15) is 0 Å². The van der Waals surface area contributed by atoms with Crippen LogP contribution in [0.4, 0.5) is 0 Å². The molecule has 0 bridgehead atoms. The second kappa shape index (κ2) is 7.97. The van der Waals surface area contributed by atoms with Crippen molar-refractivity contribution < 1.29 is 14.3 Å². The SMILES string of the molecule is O=C(COc1ccccc1)NCC1(c2ccccc2)CCOCC1. The quantitative estimate of drug-likeness (QED) is 0.888. The van der Waals surface area contributed by atoms with Crippen molar-refractivity contribution in [1.82, 2.24) is 5.32 Å². The second-order valence-electron chi connectivity index (χ2n) is 6.14. The molecule has 1 amide bonds. The molecule has 24 heavy (non-hydrogen) atoms. The number of rotatable bonds is 6. The molecule has 0 atom stereocenters. The van der Waals surface area contributed by atoms with E-state index in [2.05, 4.69) is 17.4 Å². The molecule has 0 spiro atoms. The van der Waals surface area contributed by atoms with Crippen molar-refractivity contribution in [2.24, 2.45) is 0 Å². The lowest BCUT2D eigenvalue weighted by Crippen LogP contribution is -2.45. The van der Waals surface area contributed by atoms with Crippen LogP contribution in [0.1, 0.15) is 18.4 Å². The number of para-hydroxylation sites is 1. The molecule has 1 aliphatic rings. The van der Waals surface area contributed by atoms with E-state index in [0.717, 1.165) is 26.1 Å². The Morgan fingerprint density at radius 2 is 1.62 bits per heavy atom. The van der Waals surface area contributed by atoms with Crippen molar-refractivity contribution in [3.05, 3.63) is 66.2 Å². The highest BCUT2D eigenvalue weighted by Crippen LogP contribution is 2.34. The first-order valence-corrected chi connectivity index (χ1v) is 8.36. The van der Waals surface area contributed by atoms with Gasteiger partial charge in [0.15, 0.2) is 6.61 Å². The van der Waals surface area contributed by atoms with Crippen LogP contribution in [0.15, 0.2) is 60.7 Å². The van der Waals surface area contributed by atoms with Crippen LogP contribution in [-0.4, -0.2) is 32.3 Å². The van der Waals surface area contributed by atoms with E-state index in [0.29, 0.717) is 12.3 Å². The number of nitrogens with one attached hydrogen (secondary N) is 1. The van der Waals surface area contributed by atoms with Crippen LogP contribution in [0.2, 0.25) is 0 Å². The third kappa shape index (κ3) is 4.15. The third-order valence-corrected chi connectivity index (χ3v) is 4.57. The van der Waals surface area contributed by atoms with Crippen LogP contribution in [0, 0.1) is 0 Å². The highest BCUT2D eigenvalue weighted by molar-refractivity contribution is 5.77. The average molecular weight is 325 g/mol. The van der Waals surface area contributed by atoms with Gasteiger partial charge in [0.05, 0.1) is 0 Å². The van der Waals surface area contributed by atoms with Gasteiger partial charge in [-0.25, -0.2) is 0 Å². The molecule has 1 heterocycles. The molecule has 0 aromatic heterocycles. The predicted molar refractivity (Wildman–Crippen MR) is 93.1 cm³/mol. The maximum atomic E-state index is 12.2. The topological polar surface area (TPSA) is 47.6 Å². The predicted octanol–water partition coefficient (Wildman–Crippen LogP) is 2.93. The van der Waals surface area contributed by atoms with Crippen LogP contribution < -0.4 is 10.1 Å². The second-order valence-corrected chi connectivity index (χ2v) is 6.14. The molecule has 0 saturated carbocycles. The molecule has 0 radical (unpaired) electrons. The molecule has 2 aromatic rings. The van der Waals surface area contributed by atoms with E-state index >= 15 is 0 Å². The first-order valence-electron chi connectivity index (χ1n) is 8.36. The summed E-state index contributed by atoms with van der Waals surface area (Å²) in [5.41, 5.74) is 1.21. The number of hydrogen-bond donors (Lipinski definition) is 1. The Kier molecular flexibility index (Phi) is 5.49. The molecule has 1 saturated heterocycles. The van der Waals surface area contributed by atoms with Gasteiger partial charge in [-0.05, 0) is 30.5 Å². The normalized spacial score (nSPS) is 16.3. The molecule has 1 aliphatic heterocycles. The van der Waals surface area contributed by atoms with E-state index in [9.17, 15) is 4.79 Å². The molecule has 1 fully saturated rings. The summed E-state index contributed by atoms with van der Waals surface area (Å²) in [5, 5.41) is 3.04. The first kappa shape index (κ1) is 16.5. The van der Waals surface area contributed by atoms with Crippen LogP contribution in [0.3, 0.4) is 0 Å². The molecular weight excluding hydrogens is 302 g/mol. The van der Waals surface area contributed by atoms with E-state index in [1.165, 1.54) is 5.56 Å². The summed E-state index contributed by atoms with van der Waals surface area (Å²) < 4.78 is 11.0. The molecule has 3 rings (SSSR count). The zero-order valence-corrected chi connectivity index (χ0v) is 13.7. The highest BCUT2D eigenvalue weighted by Gasteiger charge is 2.34. The molecule has 126 valence electrons. The average Bonchev–Trinajstić information content (AvgIpc) is 2.67. The summed E-state index contributed by atoms with van der Waals surface area (Å²) in [4.78, 5) is 12.2. The van der Waals surface area contributed by atoms with Gasteiger partial charge >= 0.3 is 0 Å². The Bertz CT molecular complexity index is 636. The van der Waals surface area contributed by atoms with Crippen LogP contribution in [0.5, 0.6) is 5.75 Å². The lowest BCUT2D eigenvalue weighted by Gasteiger charge is -2.38. The summed E-state index contributed by atoms with van der Waals surface area (Å²) in [6.07, 6.45) is 1.83. The van der Waals surface area contributed by atoms with Crippen molar-refractivity contribution in [2.75, 3.05) is 26.4 Å². The number of carbonyl (C=O) groups excluding carboxylic acids is 1. The van der Waals surface area contributed by atoms with Crippen LogP contribution in [-0.2, 0) is 14.9 Å². The van der Waals surface area contributed by atoms with Crippen LogP contribution >= 0.6 is 0 Å².